The smallest absolute Gasteiger partial charge is 0.329 e. The van der Waals surface area contributed by atoms with Crippen LogP contribution in [0.4, 0.5) is 10.5 Å². The standard InChI is InChI=1S/C26H29N3O5S/c1-18-10-8-9-13-24(18)35(32,33)28-26(31)27-22(17-20-11-6-5-7-12-20)25(30)29(3)21-14-15-23(34-4)19(2)16-21/h5-16,22H,17H2,1-4H3,(H2,27,28,31). The molecule has 0 spiro atoms. The van der Waals surface area contributed by atoms with Crippen molar-refractivity contribution < 1.29 is 22.7 Å². The Morgan fingerprint density at radius 3 is 2.23 bits per heavy atom. The summed E-state index contributed by atoms with van der Waals surface area (Å²) in [6.07, 6.45) is 0.178. The molecule has 8 nitrogen and oxygen atoms in total. The van der Waals surface area contributed by atoms with E-state index in [1.807, 2.05) is 42.0 Å². The molecule has 184 valence electrons. The second kappa shape index (κ2) is 11.1. The maximum Gasteiger partial charge on any atom is 0.329 e. The number of amides is 3. The summed E-state index contributed by atoms with van der Waals surface area (Å²) < 4.78 is 32.8. The summed E-state index contributed by atoms with van der Waals surface area (Å²) in [6, 6.07) is 18.8. The molecule has 0 heterocycles. The van der Waals surface area contributed by atoms with E-state index in [-0.39, 0.29) is 11.3 Å². The van der Waals surface area contributed by atoms with Crippen LogP contribution in [0, 0.1) is 13.8 Å². The Hall–Kier alpha value is -3.85. The Kier molecular flexibility index (Phi) is 8.14. The van der Waals surface area contributed by atoms with Crippen molar-refractivity contribution in [3.8, 4) is 5.75 Å². The van der Waals surface area contributed by atoms with Gasteiger partial charge in [-0.1, -0.05) is 48.5 Å². The molecule has 0 saturated carbocycles. The van der Waals surface area contributed by atoms with E-state index >= 15 is 0 Å². The van der Waals surface area contributed by atoms with Crippen LogP contribution < -0.4 is 19.7 Å². The molecule has 2 N–H and O–H groups in total. The monoisotopic (exact) mass is 495 g/mol. The highest BCUT2D eigenvalue weighted by Crippen LogP contribution is 2.24. The van der Waals surface area contributed by atoms with E-state index in [9.17, 15) is 18.0 Å². The fourth-order valence-electron chi connectivity index (χ4n) is 3.70. The number of urea groups is 1. The van der Waals surface area contributed by atoms with Crippen molar-refractivity contribution in [1.82, 2.24) is 10.0 Å². The molecule has 9 heteroatoms. The third-order valence-corrected chi connectivity index (χ3v) is 7.08. The van der Waals surface area contributed by atoms with Gasteiger partial charge >= 0.3 is 6.03 Å². The number of nitrogens with zero attached hydrogens (tertiary/aromatic N) is 1. The average molecular weight is 496 g/mol. The topological polar surface area (TPSA) is 105 Å². The highest BCUT2D eigenvalue weighted by molar-refractivity contribution is 7.90. The molecule has 0 fully saturated rings. The maximum atomic E-state index is 13.4. The van der Waals surface area contributed by atoms with Crippen molar-refractivity contribution in [2.75, 3.05) is 19.1 Å². The first-order chi connectivity index (χ1) is 16.6. The summed E-state index contributed by atoms with van der Waals surface area (Å²) >= 11 is 0. The quantitative estimate of drug-likeness (QED) is 0.497. The summed E-state index contributed by atoms with van der Waals surface area (Å²) in [5, 5.41) is 2.55. The molecular weight excluding hydrogens is 466 g/mol. The van der Waals surface area contributed by atoms with Gasteiger partial charge in [0.05, 0.1) is 12.0 Å². The number of nitrogens with one attached hydrogen (secondary N) is 2. The van der Waals surface area contributed by atoms with Gasteiger partial charge in [0.1, 0.15) is 11.8 Å². The van der Waals surface area contributed by atoms with Crippen LogP contribution >= 0.6 is 0 Å². The van der Waals surface area contributed by atoms with E-state index in [4.69, 9.17) is 4.74 Å². The minimum Gasteiger partial charge on any atom is -0.496 e. The van der Waals surface area contributed by atoms with Crippen LogP contribution in [0.15, 0.2) is 77.7 Å². The molecular formula is C26H29N3O5S. The van der Waals surface area contributed by atoms with E-state index in [0.717, 1.165) is 11.1 Å². The van der Waals surface area contributed by atoms with Crippen molar-refractivity contribution in [3.05, 3.63) is 89.5 Å². The number of methoxy groups -OCH3 is 1. The van der Waals surface area contributed by atoms with Gasteiger partial charge in [-0.2, -0.15) is 0 Å². The highest BCUT2D eigenvalue weighted by Gasteiger charge is 2.28. The van der Waals surface area contributed by atoms with Crippen molar-refractivity contribution in [3.63, 3.8) is 0 Å². The van der Waals surface area contributed by atoms with Crippen LogP contribution in [-0.4, -0.2) is 40.6 Å². The predicted molar refractivity (Wildman–Crippen MR) is 135 cm³/mol. The first-order valence-electron chi connectivity index (χ1n) is 11.0. The van der Waals surface area contributed by atoms with Gasteiger partial charge in [0, 0.05) is 19.2 Å². The Labute approximate surface area is 206 Å². The molecule has 1 unspecified atom stereocenters. The lowest BCUT2D eigenvalue weighted by Gasteiger charge is -2.25. The normalized spacial score (nSPS) is 11.9. The lowest BCUT2D eigenvalue weighted by Crippen LogP contribution is -2.52. The number of ether oxygens (including phenoxy) is 1. The van der Waals surface area contributed by atoms with Gasteiger partial charge in [-0.05, 0) is 54.8 Å². The molecule has 35 heavy (non-hydrogen) atoms. The molecule has 0 bridgehead atoms. The van der Waals surface area contributed by atoms with Gasteiger partial charge in [-0.15, -0.1) is 0 Å². The summed E-state index contributed by atoms with van der Waals surface area (Å²) in [5.41, 5.74) is 2.77. The Morgan fingerprint density at radius 2 is 1.60 bits per heavy atom. The zero-order chi connectivity index (χ0) is 25.6. The lowest BCUT2D eigenvalue weighted by molar-refractivity contribution is -0.120. The fraction of sp³-hybridized carbons (Fsp3) is 0.231. The molecule has 0 aliphatic rings. The van der Waals surface area contributed by atoms with E-state index in [2.05, 4.69) is 5.32 Å². The largest absolute Gasteiger partial charge is 0.496 e. The van der Waals surface area contributed by atoms with E-state index in [1.54, 1.807) is 57.5 Å². The van der Waals surface area contributed by atoms with E-state index in [0.29, 0.717) is 17.0 Å². The predicted octanol–water partition coefficient (Wildman–Crippen LogP) is 3.57. The summed E-state index contributed by atoms with van der Waals surface area (Å²) in [6.45, 7) is 3.50. The molecule has 3 aromatic carbocycles. The number of anilines is 1. The van der Waals surface area contributed by atoms with Crippen LogP contribution in [-0.2, 0) is 21.2 Å². The third-order valence-electron chi connectivity index (χ3n) is 5.59. The van der Waals surface area contributed by atoms with E-state index < -0.39 is 28.0 Å². The number of likely N-dealkylation sites (N-methyl/N-ethyl adjacent to an activating group) is 1. The Bertz CT molecular complexity index is 1310. The number of hydrogen-bond donors (Lipinski definition) is 2. The maximum absolute atomic E-state index is 13.4. The van der Waals surface area contributed by atoms with Crippen LogP contribution in [0.25, 0.3) is 0 Å². The molecule has 3 aromatic rings. The number of rotatable bonds is 8. The zero-order valence-corrected chi connectivity index (χ0v) is 20.9. The number of benzene rings is 3. The first-order valence-corrected chi connectivity index (χ1v) is 12.5. The highest BCUT2D eigenvalue weighted by atomic mass is 32.2. The fourth-order valence-corrected chi connectivity index (χ4v) is 4.87. The third kappa shape index (κ3) is 6.39. The number of aryl methyl sites for hydroxylation is 2. The second-order valence-electron chi connectivity index (χ2n) is 8.14. The first kappa shape index (κ1) is 25.8. The van der Waals surface area contributed by atoms with Gasteiger partial charge in [0.25, 0.3) is 10.0 Å². The molecule has 1 atom stereocenters. The van der Waals surface area contributed by atoms with Crippen LogP contribution in [0.3, 0.4) is 0 Å². The number of hydrogen-bond acceptors (Lipinski definition) is 5. The van der Waals surface area contributed by atoms with Gasteiger partial charge in [-0.3, -0.25) is 4.79 Å². The molecule has 3 amide bonds. The van der Waals surface area contributed by atoms with Crippen LogP contribution in [0.2, 0.25) is 0 Å². The van der Waals surface area contributed by atoms with Crippen molar-refractivity contribution in [2.24, 2.45) is 0 Å². The lowest BCUT2D eigenvalue weighted by atomic mass is 10.0. The molecule has 0 radical (unpaired) electrons. The van der Waals surface area contributed by atoms with Crippen molar-refractivity contribution in [1.29, 1.82) is 0 Å². The minimum atomic E-state index is -4.12. The molecule has 0 aromatic heterocycles. The number of sulfonamides is 1. The Morgan fingerprint density at radius 1 is 0.943 bits per heavy atom. The van der Waals surface area contributed by atoms with E-state index in [1.165, 1.54) is 11.0 Å². The van der Waals surface area contributed by atoms with Crippen molar-refractivity contribution in [2.45, 2.75) is 31.2 Å². The molecule has 0 aliphatic carbocycles. The van der Waals surface area contributed by atoms with Crippen molar-refractivity contribution >= 4 is 27.6 Å². The summed E-state index contributed by atoms with van der Waals surface area (Å²) in [4.78, 5) is 27.6. The summed E-state index contributed by atoms with van der Waals surface area (Å²) in [7, 11) is -0.949. The minimum absolute atomic E-state index is 0.00749. The van der Waals surface area contributed by atoms with Crippen LogP contribution in [0.5, 0.6) is 5.75 Å². The van der Waals surface area contributed by atoms with Gasteiger partial charge < -0.3 is 15.0 Å². The SMILES string of the molecule is COc1ccc(N(C)C(=O)C(Cc2ccccc2)NC(=O)NS(=O)(=O)c2ccccc2C)cc1C. The molecule has 3 rings (SSSR count). The van der Waals surface area contributed by atoms with Crippen LogP contribution in [0.1, 0.15) is 16.7 Å². The average Bonchev–Trinajstić information content (AvgIpc) is 2.83. The van der Waals surface area contributed by atoms with Gasteiger partial charge in [0.15, 0.2) is 0 Å². The zero-order valence-electron chi connectivity index (χ0n) is 20.1. The molecule has 0 saturated heterocycles. The van der Waals surface area contributed by atoms with Gasteiger partial charge in [-0.25, -0.2) is 17.9 Å². The van der Waals surface area contributed by atoms with Gasteiger partial charge in [0.2, 0.25) is 5.91 Å². The number of carbonyl (C=O) groups is 2. The second-order valence-corrected chi connectivity index (χ2v) is 9.79. The number of carbonyl (C=O) groups excluding carboxylic acids is 2. The summed E-state index contributed by atoms with van der Waals surface area (Å²) in [5.74, 6) is 0.288. The molecule has 0 aliphatic heterocycles. The Balaban J connectivity index is 1.84.